The number of pyridine rings is 1. The van der Waals surface area contributed by atoms with Gasteiger partial charge < -0.3 is 10.4 Å². The van der Waals surface area contributed by atoms with E-state index in [4.69, 9.17) is 16.7 Å². The van der Waals surface area contributed by atoms with E-state index in [0.717, 1.165) is 0 Å². The van der Waals surface area contributed by atoms with Crippen molar-refractivity contribution in [2.24, 2.45) is 0 Å². The monoisotopic (exact) mass is 290 g/mol. The second-order valence-electron chi connectivity index (χ2n) is 4.08. The molecular weight excluding hydrogens is 280 g/mol. The first kappa shape index (κ1) is 13.1. The number of nitrogens with one attached hydrogen (secondary N) is 1. The van der Waals surface area contributed by atoms with E-state index in [1.807, 2.05) is 0 Å². The highest BCUT2D eigenvalue weighted by Crippen LogP contribution is 2.21. The fourth-order valence-corrected chi connectivity index (χ4v) is 3.64. The van der Waals surface area contributed by atoms with Gasteiger partial charge >= 0.3 is 5.97 Å². The lowest BCUT2D eigenvalue weighted by Crippen LogP contribution is -2.23. The average Bonchev–Trinajstić information content (AvgIpc) is 2.57. The summed E-state index contributed by atoms with van der Waals surface area (Å²) in [6, 6.07) is 2.39. The summed E-state index contributed by atoms with van der Waals surface area (Å²) in [5, 5.41) is 12.0. The summed E-state index contributed by atoms with van der Waals surface area (Å²) in [5.41, 5.74) is -0.0244. The summed E-state index contributed by atoms with van der Waals surface area (Å²) in [5.74, 6) is -0.937. The maximum Gasteiger partial charge on any atom is 0.339 e. The summed E-state index contributed by atoms with van der Waals surface area (Å²) in [7, 11) is -3.03. The molecule has 1 unspecified atom stereocenters. The topological polar surface area (TPSA) is 96.4 Å². The second kappa shape index (κ2) is 4.74. The van der Waals surface area contributed by atoms with E-state index >= 15 is 0 Å². The van der Waals surface area contributed by atoms with Crippen LogP contribution in [0.1, 0.15) is 16.8 Å². The Morgan fingerprint density at radius 3 is 2.78 bits per heavy atom. The molecule has 2 N–H and O–H groups in total. The lowest BCUT2D eigenvalue weighted by molar-refractivity contribution is 0.0697. The molecule has 98 valence electrons. The van der Waals surface area contributed by atoms with Crippen LogP contribution in [0, 0.1) is 0 Å². The quantitative estimate of drug-likeness (QED) is 0.807. The molecule has 1 fully saturated rings. The van der Waals surface area contributed by atoms with Gasteiger partial charge in [0.2, 0.25) is 0 Å². The third-order valence-corrected chi connectivity index (χ3v) is 4.64. The Hall–Kier alpha value is -1.34. The largest absolute Gasteiger partial charge is 0.478 e. The van der Waals surface area contributed by atoms with E-state index in [2.05, 4.69) is 10.3 Å². The van der Waals surface area contributed by atoms with Crippen LogP contribution >= 0.6 is 11.6 Å². The summed E-state index contributed by atoms with van der Waals surface area (Å²) >= 11 is 5.70. The zero-order valence-corrected chi connectivity index (χ0v) is 10.8. The Kier molecular flexibility index (Phi) is 3.45. The Labute approximate surface area is 109 Å². The third kappa shape index (κ3) is 2.91. The number of carboxylic acids is 1. The number of halogens is 1. The zero-order chi connectivity index (χ0) is 13.3. The Morgan fingerprint density at radius 1 is 1.50 bits per heavy atom. The van der Waals surface area contributed by atoms with Crippen LogP contribution in [0.5, 0.6) is 0 Å². The molecule has 6 nitrogen and oxygen atoms in total. The molecule has 1 aromatic heterocycles. The van der Waals surface area contributed by atoms with Crippen LogP contribution in [0.2, 0.25) is 5.15 Å². The molecule has 0 spiro atoms. The first-order chi connectivity index (χ1) is 8.37. The standard InChI is InChI=1S/C10H11ClN2O4S/c11-8-2-1-7(10(14)15)9(13-8)12-6-3-4-18(16,17)5-6/h1-2,6H,3-5H2,(H,12,13)(H,14,15). The maximum absolute atomic E-state index is 11.3. The van der Waals surface area contributed by atoms with Gasteiger partial charge in [-0.1, -0.05) is 11.6 Å². The van der Waals surface area contributed by atoms with Crippen molar-refractivity contribution in [3.05, 3.63) is 22.8 Å². The highest BCUT2D eigenvalue weighted by molar-refractivity contribution is 7.91. The number of anilines is 1. The molecule has 1 saturated heterocycles. The Bertz CT molecular complexity index is 588. The minimum Gasteiger partial charge on any atom is -0.478 e. The van der Waals surface area contributed by atoms with Crippen LogP contribution < -0.4 is 5.32 Å². The lowest BCUT2D eigenvalue weighted by atomic mass is 10.2. The van der Waals surface area contributed by atoms with E-state index in [-0.39, 0.29) is 34.1 Å². The smallest absolute Gasteiger partial charge is 0.339 e. The van der Waals surface area contributed by atoms with Crippen molar-refractivity contribution in [3.8, 4) is 0 Å². The summed E-state index contributed by atoms with van der Waals surface area (Å²) < 4.78 is 22.6. The summed E-state index contributed by atoms with van der Waals surface area (Å²) in [4.78, 5) is 14.9. The number of carbonyl (C=O) groups is 1. The van der Waals surface area contributed by atoms with E-state index in [9.17, 15) is 13.2 Å². The first-order valence-corrected chi connectivity index (χ1v) is 7.44. The van der Waals surface area contributed by atoms with Crippen LogP contribution in [-0.4, -0.2) is 42.0 Å². The average molecular weight is 291 g/mol. The fourth-order valence-electron chi connectivity index (χ4n) is 1.82. The molecule has 0 bridgehead atoms. The molecule has 0 saturated carbocycles. The van der Waals surface area contributed by atoms with Gasteiger partial charge in [-0.3, -0.25) is 0 Å². The fraction of sp³-hybridized carbons (Fsp3) is 0.400. The van der Waals surface area contributed by atoms with Crippen molar-refractivity contribution in [3.63, 3.8) is 0 Å². The summed E-state index contributed by atoms with van der Waals surface area (Å²) in [6.45, 7) is 0. The van der Waals surface area contributed by atoms with Crippen molar-refractivity contribution in [2.45, 2.75) is 12.5 Å². The van der Waals surface area contributed by atoms with Gasteiger partial charge in [0.1, 0.15) is 16.5 Å². The van der Waals surface area contributed by atoms with Gasteiger partial charge in [0, 0.05) is 6.04 Å². The molecule has 2 rings (SSSR count). The van der Waals surface area contributed by atoms with E-state index in [1.54, 1.807) is 0 Å². The van der Waals surface area contributed by atoms with Gasteiger partial charge in [-0.2, -0.15) is 0 Å². The SMILES string of the molecule is O=C(O)c1ccc(Cl)nc1NC1CCS(=O)(=O)C1. The number of nitrogens with zero attached hydrogens (tertiary/aromatic N) is 1. The predicted molar refractivity (Wildman–Crippen MR) is 66.9 cm³/mol. The molecule has 0 radical (unpaired) electrons. The Morgan fingerprint density at radius 2 is 2.22 bits per heavy atom. The van der Waals surface area contributed by atoms with E-state index < -0.39 is 15.8 Å². The maximum atomic E-state index is 11.3. The molecule has 0 aromatic carbocycles. The molecule has 2 heterocycles. The predicted octanol–water partition coefficient (Wildman–Crippen LogP) is 1.03. The van der Waals surface area contributed by atoms with Crippen LogP contribution in [0.25, 0.3) is 0 Å². The zero-order valence-electron chi connectivity index (χ0n) is 9.26. The number of aromatic nitrogens is 1. The number of hydrogen-bond acceptors (Lipinski definition) is 5. The van der Waals surface area contributed by atoms with Crippen molar-refractivity contribution in [2.75, 3.05) is 16.8 Å². The van der Waals surface area contributed by atoms with E-state index in [0.29, 0.717) is 6.42 Å². The van der Waals surface area contributed by atoms with Crippen LogP contribution in [0.15, 0.2) is 12.1 Å². The van der Waals surface area contributed by atoms with E-state index in [1.165, 1.54) is 12.1 Å². The van der Waals surface area contributed by atoms with Crippen LogP contribution in [0.3, 0.4) is 0 Å². The number of carboxylic acid groups (broad SMARTS) is 1. The first-order valence-electron chi connectivity index (χ1n) is 5.24. The molecule has 1 aliphatic rings. The summed E-state index contributed by atoms with van der Waals surface area (Å²) in [6.07, 6.45) is 0.440. The van der Waals surface area contributed by atoms with Gasteiger partial charge in [-0.05, 0) is 18.6 Å². The Balaban J connectivity index is 2.23. The van der Waals surface area contributed by atoms with Gasteiger partial charge in [0.05, 0.1) is 11.5 Å². The van der Waals surface area contributed by atoms with Gasteiger partial charge in [0.15, 0.2) is 9.84 Å². The molecule has 8 heteroatoms. The number of hydrogen-bond donors (Lipinski definition) is 2. The van der Waals surface area contributed by atoms with Crippen molar-refractivity contribution >= 4 is 33.2 Å². The highest BCUT2D eigenvalue weighted by atomic mass is 35.5. The molecular formula is C10H11ClN2O4S. The highest BCUT2D eigenvalue weighted by Gasteiger charge is 2.29. The van der Waals surface area contributed by atoms with Gasteiger partial charge in [-0.15, -0.1) is 0 Å². The van der Waals surface area contributed by atoms with Crippen LogP contribution in [0.4, 0.5) is 5.82 Å². The molecule has 1 aliphatic heterocycles. The lowest BCUT2D eigenvalue weighted by Gasteiger charge is -2.13. The number of rotatable bonds is 3. The normalized spacial score (nSPS) is 21.7. The minimum atomic E-state index is -3.03. The molecule has 18 heavy (non-hydrogen) atoms. The van der Waals surface area contributed by atoms with Crippen molar-refractivity contribution < 1.29 is 18.3 Å². The molecule has 0 amide bonds. The number of sulfone groups is 1. The molecule has 1 atom stereocenters. The van der Waals surface area contributed by atoms with Crippen molar-refractivity contribution in [1.82, 2.24) is 4.98 Å². The molecule has 0 aliphatic carbocycles. The minimum absolute atomic E-state index is 0.0136. The molecule has 1 aromatic rings. The van der Waals surface area contributed by atoms with Gasteiger partial charge in [-0.25, -0.2) is 18.2 Å². The third-order valence-electron chi connectivity index (χ3n) is 2.66. The number of aromatic carboxylic acids is 1. The second-order valence-corrected chi connectivity index (χ2v) is 6.70. The van der Waals surface area contributed by atoms with Gasteiger partial charge in [0.25, 0.3) is 0 Å². The van der Waals surface area contributed by atoms with Crippen molar-refractivity contribution in [1.29, 1.82) is 0 Å². The van der Waals surface area contributed by atoms with Crippen LogP contribution in [-0.2, 0) is 9.84 Å².